The van der Waals surface area contributed by atoms with E-state index in [2.05, 4.69) is 41.3 Å². The fourth-order valence-corrected chi connectivity index (χ4v) is 4.38. The highest BCUT2D eigenvalue weighted by Crippen LogP contribution is 2.47. The number of hydrogen-bond acceptors (Lipinski definition) is 3. The Morgan fingerprint density at radius 3 is 3.10 bits per heavy atom. The predicted molar refractivity (Wildman–Crippen MR) is 82.3 cm³/mol. The summed E-state index contributed by atoms with van der Waals surface area (Å²) >= 11 is 0. The van der Waals surface area contributed by atoms with Crippen molar-refractivity contribution in [2.45, 2.75) is 24.5 Å². The molecule has 1 aromatic carbocycles. The average Bonchev–Trinajstić information content (AvgIpc) is 2.85. The second-order valence-electron chi connectivity index (χ2n) is 6.48. The minimum absolute atomic E-state index is 0.211. The highest BCUT2D eigenvalue weighted by Gasteiger charge is 2.49. The van der Waals surface area contributed by atoms with Gasteiger partial charge in [-0.05, 0) is 36.0 Å². The van der Waals surface area contributed by atoms with Crippen molar-refractivity contribution in [3.8, 4) is 0 Å². The second-order valence-corrected chi connectivity index (χ2v) is 6.48. The molecule has 0 amide bonds. The zero-order valence-corrected chi connectivity index (χ0v) is 12.6. The van der Waals surface area contributed by atoms with Gasteiger partial charge in [0.2, 0.25) is 0 Å². The Kier molecular flexibility index (Phi) is 2.89. The molecule has 2 heterocycles. The van der Waals surface area contributed by atoms with Crippen molar-refractivity contribution in [1.82, 2.24) is 9.88 Å². The third kappa shape index (κ3) is 1.67. The number of fused-ring (bicyclic) bond motifs is 2. The summed E-state index contributed by atoms with van der Waals surface area (Å²) in [6.45, 7) is 1.08. The summed E-state index contributed by atoms with van der Waals surface area (Å²) in [7, 11) is 3.91. The average molecular weight is 286 g/mol. The first kappa shape index (κ1) is 13.3. The number of rotatable bonds is 2. The molecule has 1 aliphatic carbocycles. The first-order valence-corrected chi connectivity index (χ1v) is 7.66. The van der Waals surface area contributed by atoms with E-state index in [1.807, 2.05) is 0 Å². The molecule has 2 aromatic rings. The smallest absolute Gasteiger partial charge is 0.109 e. The monoisotopic (exact) mass is 286 g/mol. The summed E-state index contributed by atoms with van der Waals surface area (Å²) < 4.78 is 8.29. The Morgan fingerprint density at radius 2 is 2.33 bits per heavy atom. The minimum atomic E-state index is -0.320. The zero-order valence-electron chi connectivity index (χ0n) is 12.6. The van der Waals surface area contributed by atoms with Crippen LogP contribution in [-0.4, -0.2) is 36.0 Å². The SMILES string of the molecule is CO[C@]12C[C@@H](CO)CN[C@@H]1Cc1cn(C)c3cccc2c13. The molecule has 0 spiro atoms. The second kappa shape index (κ2) is 4.57. The minimum Gasteiger partial charge on any atom is -0.396 e. The fourth-order valence-electron chi connectivity index (χ4n) is 4.38. The molecular weight excluding hydrogens is 264 g/mol. The standard InChI is InChI=1S/C17H22N2O2/c1-19-9-12-6-15-17(21-2,7-11(10-20)8-18-15)13-4-3-5-14(19)16(12)13/h3-5,9,11,15,18,20H,6-8,10H2,1-2H3/t11-,15-,17+/m1/s1. The van der Waals surface area contributed by atoms with E-state index in [1.165, 1.54) is 22.0 Å². The van der Waals surface area contributed by atoms with E-state index in [-0.39, 0.29) is 24.2 Å². The fraction of sp³-hybridized carbons (Fsp3) is 0.529. The molecule has 1 aliphatic heterocycles. The molecule has 21 heavy (non-hydrogen) atoms. The van der Waals surface area contributed by atoms with Crippen LogP contribution in [0.2, 0.25) is 0 Å². The largest absolute Gasteiger partial charge is 0.396 e. The van der Waals surface area contributed by atoms with E-state index >= 15 is 0 Å². The van der Waals surface area contributed by atoms with Gasteiger partial charge in [-0.3, -0.25) is 0 Å². The number of ether oxygens (including phenoxy) is 1. The van der Waals surface area contributed by atoms with Gasteiger partial charge >= 0.3 is 0 Å². The third-order valence-corrected chi connectivity index (χ3v) is 5.40. The van der Waals surface area contributed by atoms with E-state index < -0.39 is 0 Å². The number of aromatic nitrogens is 1. The Labute approximate surface area is 124 Å². The van der Waals surface area contributed by atoms with Gasteiger partial charge in [0.25, 0.3) is 0 Å². The lowest BCUT2D eigenvalue weighted by atomic mass is 9.69. The molecule has 3 atom stereocenters. The van der Waals surface area contributed by atoms with Gasteiger partial charge < -0.3 is 19.7 Å². The van der Waals surface area contributed by atoms with Crippen molar-refractivity contribution >= 4 is 10.9 Å². The van der Waals surface area contributed by atoms with E-state index in [9.17, 15) is 5.11 Å². The van der Waals surface area contributed by atoms with Gasteiger partial charge in [0.15, 0.2) is 0 Å². The van der Waals surface area contributed by atoms with Gasteiger partial charge in [-0.2, -0.15) is 0 Å². The van der Waals surface area contributed by atoms with Gasteiger partial charge in [-0.25, -0.2) is 0 Å². The molecule has 4 nitrogen and oxygen atoms in total. The number of aliphatic hydroxyl groups excluding tert-OH is 1. The summed E-state index contributed by atoms with van der Waals surface area (Å²) in [4.78, 5) is 0. The number of piperidine rings is 1. The van der Waals surface area contributed by atoms with Crippen molar-refractivity contribution in [3.63, 3.8) is 0 Å². The molecule has 1 fully saturated rings. The summed E-state index contributed by atoms with van der Waals surface area (Å²) in [5, 5.41) is 14.5. The number of methoxy groups -OCH3 is 1. The molecule has 0 radical (unpaired) electrons. The van der Waals surface area contributed by atoms with Crippen LogP contribution in [0.5, 0.6) is 0 Å². The summed E-state index contributed by atoms with van der Waals surface area (Å²) in [5.41, 5.74) is 3.62. The maximum atomic E-state index is 9.59. The zero-order chi connectivity index (χ0) is 14.6. The maximum Gasteiger partial charge on any atom is 0.109 e. The summed E-state index contributed by atoms with van der Waals surface area (Å²) in [5.74, 6) is 0.252. The first-order valence-electron chi connectivity index (χ1n) is 7.66. The van der Waals surface area contributed by atoms with Gasteiger partial charge in [0.05, 0.1) is 0 Å². The lowest BCUT2D eigenvalue weighted by Gasteiger charge is -2.49. The van der Waals surface area contributed by atoms with E-state index in [0.717, 1.165) is 19.4 Å². The molecule has 1 saturated heterocycles. The van der Waals surface area contributed by atoms with Crippen LogP contribution < -0.4 is 5.32 Å². The normalized spacial score (nSPS) is 31.4. The number of hydrogen-bond donors (Lipinski definition) is 2. The molecule has 4 heteroatoms. The van der Waals surface area contributed by atoms with Crippen molar-refractivity contribution in [2.75, 3.05) is 20.3 Å². The first-order chi connectivity index (χ1) is 10.2. The molecular formula is C17H22N2O2. The number of nitrogens with zero attached hydrogens (tertiary/aromatic N) is 1. The van der Waals surface area contributed by atoms with Crippen LogP contribution in [0.4, 0.5) is 0 Å². The van der Waals surface area contributed by atoms with Gasteiger partial charge in [-0.15, -0.1) is 0 Å². The molecule has 0 bridgehead atoms. The van der Waals surface area contributed by atoms with Crippen LogP contribution in [0.15, 0.2) is 24.4 Å². The Bertz CT molecular complexity index is 693. The summed E-state index contributed by atoms with van der Waals surface area (Å²) in [6, 6.07) is 6.77. The highest BCUT2D eigenvalue weighted by molar-refractivity contribution is 5.89. The molecule has 112 valence electrons. The predicted octanol–water partition coefficient (Wildman–Crippen LogP) is 1.55. The number of aryl methyl sites for hydroxylation is 1. The Morgan fingerprint density at radius 1 is 1.48 bits per heavy atom. The van der Waals surface area contributed by atoms with E-state index in [0.29, 0.717) is 0 Å². The van der Waals surface area contributed by atoms with E-state index in [1.54, 1.807) is 7.11 Å². The van der Waals surface area contributed by atoms with Crippen LogP contribution in [0.3, 0.4) is 0 Å². The van der Waals surface area contributed by atoms with Crippen LogP contribution >= 0.6 is 0 Å². The molecule has 4 rings (SSSR count). The van der Waals surface area contributed by atoms with Crippen LogP contribution in [0, 0.1) is 5.92 Å². The van der Waals surface area contributed by atoms with Gasteiger partial charge in [-0.1, -0.05) is 12.1 Å². The molecule has 2 N–H and O–H groups in total. The van der Waals surface area contributed by atoms with Crippen molar-refractivity contribution in [3.05, 3.63) is 35.5 Å². The van der Waals surface area contributed by atoms with Crippen molar-refractivity contribution in [1.29, 1.82) is 0 Å². The summed E-state index contributed by atoms with van der Waals surface area (Å²) in [6.07, 6.45) is 4.11. The van der Waals surface area contributed by atoms with Gasteiger partial charge in [0, 0.05) is 50.5 Å². The topological polar surface area (TPSA) is 46.4 Å². The van der Waals surface area contributed by atoms with Crippen LogP contribution in [0.1, 0.15) is 17.5 Å². The highest BCUT2D eigenvalue weighted by atomic mass is 16.5. The molecule has 0 unspecified atom stereocenters. The van der Waals surface area contributed by atoms with Crippen LogP contribution in [0.25, 0.3) is 10.9 Å². The molecule has 2 aliphatic rings. The lowest BCUT2D eigenvalue weighted by Crippen LogP contribution is -2.59. The molecule has 0 saturated carbocycles. The maximum absolute atomic E-state index is 9.59. The number of aliphatic hydroxyl groups is 1. The van der Waals surface area contributed by atoms with Gasteiger partial charge in [0.1, 0.15) is 5.60 Å². The number of benzene rings is 1. The van der Waals surface area contributed by atoms with Crippen molar-refractivity contribution in [2.24, 2.45) is 13.0 Å². The van der Waals surface area contributed by atoms with E-state index in [4.69, 9.17) is 4.74 Å². The lowest BCUT2D eigenvalue weighted by molar-refractivity contribution is -0.0884. The quantitative estimate of drug-likeness (QED) is 0.880. The Balaban J connectivity index is 1.96. The Hall–Kier alpha value is -1.36. The van der Waals surface area contributed by atoms with Crippen molar-refractivity contribution < 1.29 is 9.84 Å². The molecule has 1 aromatic heterocycles. The third-order valence-electron chi connectivity index (χ3n) is 5.40. The number of nitrogens with one attached hydrogen (secondary N) is 1. The van der Waals surface area contributed by atoms with Crippen LogP contribution in [-0.2, 0) is 23.8 Å².